The summed E-state index contributed by atoms with van der Waals surface area (Å²) >= 11 is 5.81. The summed E-state index contributed by atoms with van der Waals surface area (Å²) in [4.78, 5) is 3.99. The second-order valence-electron chi connectivity index (χ2n) is 4.35. The first-order chi connectivity index (χ1) is 9.36. The summed E-state index contributed by atoms with van der Waals surface area (Å²) in [6.45, 7) is 1.91. The molecule has 1 unspecified atom stereocenters. The normalized spacial score (nSPS) is 12.9. The molecule has 1 atom stereocenters. The Hall–Kier alpha value is -1.63. The molecule has 0 spiro atoms. The van der Waals surface area contributed by atoms with Gasteiger partial charge in [-0.25, -0.2) is 18.5 Å². The van der Waals surface area contributed by atoms with Gasteiger partial charge in [-0.3, -0.25) is 0 Å². The highest BCUT2D eigenvalue weighted by atomic mass is 35.5. The molecule has 106 valence electrons. The molecule has 0 bridgehead atoms. The topological polar surface area (TPSA) is 85.1 Å². The van der Waals surface area contributed by atoms with E-state index in [4.69, 9.17) is 16.7 Å². The van der Waals surface area contributed by atoms with Crippen LogP contribution in [0.2, 0.25) is 5.15 Å². The van der Waals surface area contributed by atoms with Crippen LogP contribution in [0.15, 0.2) is 47.5 Å². The summed E-state index contributed by atoms with van der Waals surface area (Å²) < 4.78 is 22.7. The summed E-state index contributed by atoms with van der Waals surface area (Å²) in [5, 5.41) is 8.73. The fourth-order valence-corrected chi connectivity index (χ4v) is 2.53. The Balaban J connectivity index is 2.23. The first-order valence-corrected chi connectivity index (χ1v) is 7.79. The molecule has 0 saturated carbocycles. The summed E-state index contributed by atoms with van der Waals surface area (Å²) in [6.07, 6.45) is 1.60. The van der Waals surface area contributed by atoms with E-state index in [-0.39, 0.29) is 10.9 Å². The van der Waals surface area contributed by atoms with Crippen molar-refractivity contribution in [3.8, 4) is 0 Å². The standard InChI is InChI=1S/C13H14ClN3O2S/c1-9(17-11-5-6-16-13(14)8-11)10-3-2-4-12(7-10)20(15,18)19/h2-9H,1H3,(H,16,17)(H2,15,18,19). The number of anilines is 1. The highest BCUT2D eigenvalue weighted by molar-refractivity contribution is 7.89. The number of pyridine rings is 1. The molecule has 0 saturated heterocycles. The maximum Gasteiger partial charge on any atom is 0.238 e. The van der Waals surface area contributed by atoms with E-state index < -0.39 is 10.0 Å². The molecule has 0 aliphatic rings. The maximum absolute atomic E-state index is 11.3. The van der Waals surface area contributed by atoms with Gasteiger partial charge in [0.25, 0.3) is 0 Å². The lowest BCUT2D eigenvalue weighted by atomic mass is 10.1. The van der Waals surface area contributed by atoms with Crippen LogP contribution in [0.25, 0.3) is 0 Å². The molecule has 1 heterocycles. The monoisotopic (exact) mass is 311 g/mol. The van der Waals surface area contributed by atoms with Crippen LogP contribution in [-0.4, -0.2) is 13.4 Å². The second kappa shape index (κ2) is 5.78. The maximum atomic E-state index is 11.3. The van der Waals surface area contributed by atoms with E-state index in [1.807, 2.05) is 13.0 Å². The van der Waals surface area contributed by atoms with Crippen molar-refractivity contribution in [3.63, 3.8) is 0 Å². The molecular weight excluding hydrogens is 298 g/mol. The number of primary sulfonamides is 1. The van der Waals surface area contributed by atoms with Gasteiger partial charge < -0.3 is 5.32 Å². The van der Waals surface area contributed by atoms with Crippen LogP contribution in [0.1, 0.15) is 18.5 Å². The van der Waals surface area contributed by atoms with Gasteiger partial charge in [-0.2, -0.15) is 0 Å². The minimum absolute atomic E-state index is 0.0939. The van der Waals surface area contributed by atoms with Gasteiger partial charge in [0.1, 0.15) is 5.15 Å². The van der Waals surface area contributed by atoms with Gasteiger partial charge in [0.2, 0.25) is 10.0 Å². The number of aromatic nitrogens is 1. The number of rotatable bonds is 4. The predicted molar refractivity (Wildman–Crippen MR) is 79.1 cm³/mol. The highest BCUT2D eigenvalue weighted by Crippen LogP contribution is 2.22. The van der Waals surface area contributed by atoms with Crippen LogP contribution < -0.4 is 10.5 Å². The zero-order valence-corrected chi connectivity index (χ0v) is 12.3. The second-order valence-corrected chi connectivity index (χ2v) is 6.30. The van der Waals surface area contributed by atoms with Crippen LogP contribution in [0.5, 0.6) is 0 Å². The number of hydrogen-bond donors (Lipinski definition) is 2. The average molecular weight is 312 g/mol. The van der Waals surface area contributed by atoms with Crippen molar-refractivity contribution in [2.24, 2.45) is 5.14 Å². The lowest BCUT2D eigenvalue weighted by Crippen LogP contribution is -2.13. The molecule has 0 radical (unpaired) electrons. The smallest absolute Gasteiger partial charge is 0.238 e. The molecule has 7 heteroatoms. The number of sulfonamides is 1. The van der Waals surface area contributed by atoms with Gasteiger partial charge in [0.15, 0.2) is 0 Å². The minimum Gasteiger partial charge on any atom is -0.378 e. The first-order valence-electron chi connectivity index (χ1n) is 5.87. The molecule has 20 heavy (non-hydrogen) atoms. The Bertz CT molecular complexity index is 719. The third kappa shape index (κ3) is 3.69. The van der Waals surface area contributed by atoms with E-state index in [9.17, 15) is 8.42 Å². The van der Waals surface area contributed by atoms with Crippen molar-refractivity contribution in [1.29, 1.82) is 0 Å². The van der Waals surface area contributed by atoms with Gasteiger partial charge in [-0.1, -0.05) is 23.7 Å². The average Bonchev–Trinajstić information content (AvgIpc) is 2.38. The van der Waals surface area contributed by atoms with E-state index in [0.717, 1.165) is 11.3 Å². The van der Waals surface area contributed by atoms with Crippen molar-refractivity contribution >= 4 is 27.3 Å². The Morgan fingerprint density at radius 3 is 2.70 bits per heavy atom. The zero-order chi connectivity index (χ0) is 14.8. The largest absolute Gasteiger partial charge is 0.378 e. The molecule has 3 N–H and O–H groups in total. The van der Waals surface area contributed by atoms with Crippen molar-refractivity contribution in [1.82, 2.24) is 4.98 Å². The van der Waals surface area contributed by atoms with Gasteiger partial charge in [-0.05, 0) is 36.8 Å². The van der Waals surface area contributed by atoms with Crippen LogP contribution in [0, 0.1) is 0 Å². The van der Waals surface area contributed by atoms with Gasteiger partial charge in [-0.15, -0.1) is 0 Å². The molecule has 5 nitrogen and oxygen atoms in total. The van der Waals surface area contributed by atoms with Crippen molar-refractivity contribution < 1.29 is 8.42 Å². The van der Waals surface area contributed by atoms with Crippen molar-refractivity contribution in [2.45, 2.75) is 17.9 Å². The van der Waals surface area contributed by atoms with E-state index in [0.29, 0.717) is 5.15 Å². The number of nitrogens with zero attached hydrogens (tertiary/aromatic N) is 1. The Morgan fingerprint density at radius 1 is 1.30 bits per heavy atom. The molecule has 1 aromatic heterocycles. The quantitative estimate of drug-likeness (QED) is 0.850. The van der Waals surface area contributed by atoms with Gasteiger partial charge in [0, 0.05) is 17.9 Å². The van der Waals surface area contributed by atoms with Crippen molar-refractivity contribution in [3.05, 3.63) is 53.3 Å². The van der Waals surface area contributed by atoms with Gasteiger partial charge in [0.05, 0.1) is 4.90 Å². The predicted octanol–water partition coefficient (Wildman–Crippen LogP) is 2.56. The fraction of sp³-hybridized carbons (Fsp3) is 0.154. The molecule has 2 aromatic rings. The number of nitrogens with two attached hydrogens (primary N) is 1. The first kappa shape index (κ1) is 14.8. The number of benzene rings is 1. The number of halogens is 1. The summed E-state index contributed by atoms with van der Waals surface area (Å²) in [7, 11) is -3.70. The van der Waals surface area contributed by atoms with E-state index in [1.165, 1.54) is 6.07 Å². The fourth-order valence-electron chi connectivity index (χ4n) is 1.79. The minimum atomic E-state index is -3.70. The highest BCUT2D eigenvalue weighted by Gasteiger charge is 2.11. The van der Waals surface area contributed by atoms with Crippen LogP contribution in [0.4, 0.5) is 5.69 Å². The van der Waals surface area contributed by atoms with E-state index >= 15 is 0 Å². The Kier molecular flexibility index (Phi) is 4.27. The van der Waals surface area contributed by atoms with Crippen LogP contribution in [-0.2, 0) is 10.0 Å². The van der Waals surface area contributed by atoms with Gasteiger partial charge >= 0.3 is 0 Å². The molecule has 1 aromatic carbocycles. The molecular formula is C13H14ClN3O2S. The molecule has 2 rings (SSSR count). The number of nitrogens with one attached hydrogen (secondary N) is 1. The third-order valence-electron chi connectivity index (χ3n) is 2.80. The summed E-state index contributed by atoms with van der Waals surface area (Å²) in [5.74, 6) is 0. The third-order valence-corrected chi connectivity index (χ3v) is 3.91. The lowest BCUT2D eigenvalue weighted by Gasteiger charge is -2.16. The summed E-state index contributed by atoms with van der Waals surface area (Å²) in [6, 6.07) is 9.88. The molecule has 0 aliphatic heterocycles. The molecule has 0 amide bonds. The SMILES string of the molecule is CC(Nc1ccnc(Cl)c1)c1cccc(S(N)(=O)=O)c1. The molecule has 0 fully saturated rings. The van der Waals surface area contributed by atoms with Crippen LogP contribution in [0.3, 0.4) is 0 Å². The van der Waals surface area contributed by atoms with Crippen molar-refractivity contribution in [2.75, 3.05) is 5.32 Å². The van der Waals surface area contributed by atoms with Crippen LogP contribution >= 0.6 is 11.6 Å². The zero-order valence-electron chi connectivity index (χ0n) is 10.7. The number of hydrogen-bond acceptors (Lipinski definition) is 4. The van der Waals surface area contributed by atoms with E-state index in [1.54, 1.807) is 30.5 Å². The Labute approximate surface area is 122 Å². The lowest BCUT2D eigenvalue weighted by molar-refractivity contribution is 0.597. The summed E-state index contributed by atoms with van der Waals surface area (Å²) in [5.41, 5.74) is 1.61. The molecule has 0 aliphatic carbocycles. The van der Waals surface area contributed by atoms with E-state index in [2.05, 4.69) is 10.3 Å². The Morgan fingerprint density at radius 2 is 2.05 bits per heavy atom.